The quantitative estimate of drug-likeness (QED) is 0.793. The Kier molecular flexibility index (Phi) is 5.36. The van der Waals surface area contributed by atoms with Crippen molar-refractivity contribution in [3.63, 3.8) is 0 Å². The zero-order valence-corrected chi connectivity index (χ0v) is 13.9. The summed E-state index contributed by atoms with van der Waals surface area (Å²) >= 11 is 0. The highest BCUT2D eigenvalue weighted by Crippen LogP contribution is 2.13. The fraction of sp³-hybridized carbons (Fsp3) is 0.211. The second kappa shape index (κ2) is 7.86. The number of hydrogen-bond acceptors (Lipinski definition) is 3. The van der Waals surface area contributed by atoms with Crippen molar-refractivity contribution in [1.82, 2.24) is 14.8 Å². The molecule has 5 nitrogen and oxygen atoms in total. The summed E-state index contributed by atoms with van der Waals surface area (Å²) in [5, 5.41) is 0. The lowest BCUT2D eigenvalue weighted by atomic mass is 10.1. The van der Waals surface area contributed by atoms with E-state index in [1.807, 2.05) is 6.07 Å². The van der Waals surface area contributed by atoms with Gasteiger partial charge in [-0.25, -0.2) is 8.78 Å². The minimum absolute atomic E-state index is 0.0974. The van der Waals surface area contributed by atoms with Crippen molar-refractivity contribution in [2.24, 2.45) is 0 Å². The van der Waals surface area contributed by atoms with Crippen LogP contribution in [0.1, 0.15) is 15.9 Å². The van der Waals surface area contributed by atoms with Gasteiger partial charge >= 0.3 is 0 Å². The van der Waals surface area contributed by atoms with Crippen LogP contribution in [-0.2, 0) is 4.79 Å². The number of pyridine rings is 1. The number of carbonyl (C=O) groups excluding carboxylic acids is 2. The molecule has 0 saturated carbocycles. The number of hydrogen-bond donors (Lipinski definition) is 0. The van der Waals surface area contributed by atoms with E-state index in [2.05, 4.69) is 4.98 Å². The van der Waals surface area contributed by atoms with Crippen LogP contribution in [0, 0.1) is 11.6 Å². The lowest BCUT2D eigenvalue weighted by molar-refractivity contribution is -0.127. The molecule has 0 N–H and O–H groups in total. The van der Waals surface area contributed by atoms with Gasteiger partial charge in [0.25, 0.3) is 5.91 Å². The standard InChI is InChI=1S/C19H17F2N3O2/c20-16-5-4-15(12-17(16)21)19(26)24-10-8-23(9-11-24)18(25)6-3-14-2-1-7-22-13-14/h1-7,12-13H,8-11H2/b6-3+. The van der Waals surface area contributed by atoms with E-state index >= 15 is 0 Å². The first-order chi connectivity index (χ1) is 12.5. The molecule has 0 bridgehead atoms. The maximum atomic E-state index is 13.3. The summed E-state index contributed by atoms with van der Waals surface area (Å²) in [6.45, 7) is 1.44. The number of amides is 2. The fourth-order valence-electron chi connectivity index (χ4n) is 2.69. The zero-order valence-electron chi connectivity index (χ0n) is 13.9. The highest BCUT2D eigenvalue weighted by atomic mass is 19.2. The fourth-order valence-corrected chi connectivity index (χ4v) is 2.69. The van der Waals surface area contributed by atoms with E-state index in [0.717, 1.165) is 17.7 Å². The molecule has 26 heavy (non-hydrogen) atoms. The van der Waals surface area contributed by atoms with Gasteiger partial charge in [-0.3, -0.25) is 14.6 Å². The third-order valence-corrected chi connectivity index (χ3v) is 4.15. The Morgan fingerprint density at radius 2 is 1.73 bits per heavy atom. The monoisotopic (exact) mass is 357 g/mol. The maximum absolute atomic E-state index is 13.3. The number of benzene rings is 1. The summed E-state index contributed by atoms with van der Waals surface area (Å²) in [5.41, 5.74) is 0.924. The van der Waals surface area contributed by atoms with Gasteiger partial charge in [0, 0.05) is 50.2 Å². The summed E-state index contributed by atoms with van der Waals surface area (Å²) in [6, 6.07) is 6.72. The number of piperazine rings is 1. The average molecular weight is 357 g/mol. The molecule has 2 aromatic rings. The summed E-state index contributed by atoms with van der Waals surface area (Å²) in [7, 11) is 0. The van der Waals surface area contributed by atoms with Gasteiger partial charge < -0.3 is 9.80 Å². The molecule has 134 valence electrons. The van der Waals surface area contributed by atoms with Crippen molar-refractivity contribution < 1.29 is 18.4 Å². The van der Waals surface area contributed by atoms with Crippen molar-refractivity contribution >= 4 is 17.9 Å². The van der Waals surface area contributed by atoms with Crippen molar-refractivity contribution in [2.75, 3.05) is 26.2 Å². The van der Waals surface area contributed by atoms with Crippen LogP contribution < -0.4 is 0 Å². The van der Waals surface area contributed by atoms with Gasteiger partial charge in [0.05, 0.1) is 0 Å². The summed E-state index contributed by atoms with van der Waals surface area (Å²) in [4.78, 5) is 31.7. The topological polar surface area (TPSA) is 53.5 Å². The average Bonchev–Trinajstić information content (AvgIpc) is 2.68. The van der Waals surface area contributed by atoms with Crippen LogP contribution in [0.25, 0.3) is 6.08 Å². The van der Waals surface area contributed by atoms with Gasteiger partial charge in [-0.2, -0.15) is 0 Å². The van der Waals surface area contributed by atoms with E-state index < -0.39 is 11.6 Å². The van der Waals surface area contributed by atoms with Crippen molar-refractivity contribution in [3.05, 3.63) is 71.6 Å². The molecule has 2 amide bonds. The molecular formula is C19H17F2N3O2. The first kappa shape index (κ1) is 17.7. The molecule has 1 fully saturated rings. The minimum Gasteiger partial charge on any atom is -0.336 e. The normalized spacial score (nSPS) is 14.7. The van der Waals surface area contributed by atoms with E-state index in [4.69, 9.17) is 0 Å². The Balaban J connectivity index is 1.56. The first-order valence-corrected chi connectivity index (χ1v) is 8.16. The number of halogens is 2. The molecule has 1 aromatic carbocycles. The van der Waals surface area contributed by atoms with E-state index in [1.165, 1.54) is 17.0 Å². The highest BCUT2D eigenvalue weighted by molar-refractivity contribution is 5.95. The summed E-state index contributed by atoms with van der Waals surface area (Å²) < 4.78 is 26.3. The predicted molar refractivity (Wildman–Crippen MR) is 92.1 cm³/mol. The molecule has 1 saturated heterocycles. The molecule has 1 aromatic heterocycles. The lowest BCUT2D eigenvalue weighted by Gasteiger charge is -2.34. The van der Waals surface area contributed by atoms with Crippen LogP contribution >= 0.6 is 0 Å². The van der Waals surface area contributed by atoms with Gasteiger partial charge in [-0.05, 0) is 35.9 Å². The molecular weight excluding hydrogens is 340 g/mol. The minimum atomic E-state index is -1.05. The van der Waals surface area contributed by atoms with Crippen LogP contribution in [0.4, 0.5) is 8.78 Å². The second-order valence-corrected chi connectivity index (χ2v) is 5.87. The Morgan fingerprint density at radius 3 is 2.38 bits per heavy atom. The third kappa shape index (κ3) is 4.11. The van der Waals surface area contributed by atoms with Crippen LogP contribution in [0.2, 0.25) is 0 Å². The Bertz CT molecular complexity index is 832. The molecule has 2 heterocycles. The van der Waals surface area contributed by atoms with Crippen molar-refractivity contribution in [2.45, 2.75) is 0 Å². The van der Waals surface area contributed by atoms with Gasteiger partial charge in [0.2, 0.25) is 5.91 Å². The lowest BCUT2D eigenvalue weighted by Crippen LogP contribution is -2.50. The predicted octanol–water partition coefficient (Wildman–Crippen LogP) is 2.36. The van der Waals surface area contributed by atoms with Crippen LogP contribution in [0.15, 0.2) is 48.8 Å². The number of carbonyl (C=O) groups is 2. The second-order valence-electron chi connectivity index (χ2n) is 5.87. The molecule has 0 radical (unpaired) electrons. The van der Waals surface area contributed by atoms with Crippen LogP contribution in [-0.4, -0.2) is 52.8 Å². The number of rotatable bonds is 3. The summed E-state index contributed by atoms with van der Waals surface area (Å²) in [5.74, 6) is -2.56. The smallest absolute Gasteiger partial charge is 0.254 e. The van der Waals surface area contributed by atoms with E-state index in [-0.39, 0.29) is 17.4 Å². The Hall–Kier alpha value is -3.09. The molecule has 0 atom stereocenters. The van der Waals surface area contributed by atoms with Gasteiger partial charge in [-0.15, -0.1) is 0 Å². The van der Waals surface area contributed by atoms with E-state index in [0.29, 0.717) is 26.2 Å². The number of nitrogens with zero attached hydrogens (tertiary/aromatic N) is 3. The molecule has 1 aliphatic rings. The molecule has 0 spiro atoms. The van der Waals surface area contributed by atoms with Gasteiger partial charge in [0.15, 0.2) is 11.6 Å². The van der Waals surface area contributed by atoms with Crippen LogP contribution in [0.5, 0.6) is 0 Å². The van der Waals surface area contributed by atoms with E-state index in [1.54, 1.807) is 29.4 Å². The molecule has 0 unspecified atom stereocenters. The molecule has 0 aliphatic carbocycles. The van der Waals surface area contributed by atoms with Gasteiger partial charge in [0.1, 0.15) is 0 Å². The Morgan fingerprint density at radius 1 is 1.00 bits per heavy atom. The summed E-state index contributed by atoms with van der Waals surface area (Å²) in [6.07, 6.45) is 6.47. The highest BCUT2D eigenvalue weighted by Gasteiger charge is 2.24. The SMILES string of the molecule is O=C(/C=C/c1cccnc1)N1CCN(C(=O)c2ccc(F)c(F)c2)CC1. The maximum Gasteiger partial charge on any atom is 0.254 e. The number of aromatic nitrogens is 1. The third-order valence-electron chi connectivity index (χ3n) is 4.15. The largest absolute Gasteiger partial charge is 0.336 e. The van der Waals surface area contributed by atoms with Crippen molar-refractivity contribution in [1.29, 1.82) is 0 Å². The Labute approximate surface area is 149 Å². The first-order valence-electron chi connectivity index (χ1n) is 8.16. The zero-order chi connectivity index (χ0) is 18.5. The molecule has 1 aliphatic heterocycles. The van der Waals surface area contributed by atoms with Gasteiger partial charge in [-0.1, -0.05) is 6.07 Å². The van der Waals surface area contributed by atoms with Crippen molar-refractivity contribution in [3.8, 4) is 0 Å². The molecule has 7 heteroatoms. The van der Waals surface area contributed by atoms with E-state index in [9.17, 15) is 18.4 Å². The van der Waals surface area contributed by atoms with Crippen LogP contribution in [0.3, 0.4) is 0 Å². The molecule has 3 rings (SSSR count).